The average molecular weight is 316 g/mol. The number of nitrogens with zero attached hydrogens (tertiary/aromatic N) is 1. The summed E-state index contributed by atoms with van der Waals surface area (Å²) in [5.74, 6) is -1.17. The van der Waals surface area contributed by atoms with Gasteiger partial charge < -0.3 is 15.0 Å². The number of amides is 2. The normalized spacial score (nSPS) is 16.6. The highest BCUT2D eigenvalue weighted by Gasteiger charge is 2.33. The van der Waals surface area contributed by atoms with Gasteiger partial charge in [-0.3, -0.25) is 9.59 Å². The number of fused-ring (bicyclic) bond motifs is 1. The van der Waals surface area contributed by atoms with Crippen LogP contribution in [0.15, 0.2) is 24.3 Å². The molecule has 1 aliphatic heterocycles. The number of hydrogen-bond donors (Lipinski definition) is 1. The fourth-order valence-corrected chi connectivity index (χ4v) is 2.18. The monoisotopic (exact) mass is 316 g/mol. The molecule has 5 nitrogen and oxygen atoms in total. The predicted octanol–water partition coefficient (Wildman–Crippen LogP) is 1.30. The second-order valence-electron chi connectivity index (χ2n) is 4.99. The number of carbonyl (C=O) groups is 2. The smallest absolute Gasteiger partial charge is 0.405 e. The molecule has 0 bridgehead atoms. The zero-order valence-corrected chi connectivity index (χ0v) is 11.8. The van der Waals surface area contributed by atoms with Gasteiger partial charge in [0.25, 0.3) is 0 Å². The lowest BCUT2D eigenvalue weighted by Crippen LogP contribution is -2.43. The van der Waals surface area contributed by atoms with Crippen molar-refractivity contribution in [3.05, 3.63) is 29.8 Å². The quantitative estimate of drug-likeness (QED) is 0.911. The number of ether oxygens (including phenoxy) is 1. The largest absolute Gasteiger partial charge is 0.492 e. The summed E-state index contributed by atoms with van der Waals surface area (Å²) in [5, 5.41) is 1.73. The number of rotatable bonds is 4. The van der Waals surface area contributed by atoms with Crippen molar-refractivity contribution in [2.45, 2.75) is 12.1 Å². The summed E-state index contributed by atoms with van der Waals surface area (Å²) in [7, 11) is 1.37. The van der Waals surface area contributed by atoms with Gasteiger partial charge in [0.15, 0.2) is 0 Å². The van der Waals surface area contributed by atoms with Gasteiger partial charge in [-0.1, -0.05) is 18.2 Å². The van der Waals surface area contributed by atoms with E-state index in [0.29, 0.717) is 5.75 Å². The van der Waals surface area contributed by atoms with Crippen molar-refractivity contribution in [2.75, 3.05) is 26.7 Å². The molecule has 120 valence electrons. The Hall–Kier alpha value is -2.25. The molecule has 0 fully saturated rings. The molecule has 1 atom stereocenters. The van der Waals surface area contributed by atoms with E-state index in [1.54, 1.807) is 29.6 Å². The Labute approximate surface area is 125 Å². The molecule has 0 radical (unpaired) electrons. The van der Waals surface area contributed by atoms with Crippen LogP contribution >= 0.6 is 0 Å². The molecule has 0 aliphatic carbocycles. The zero-order valence-electron chi connectivity index (χ0n) is 11.8. The minimum absolute atomic E-state index is 0.159. The summed E-state index contributed by atoms with van der Waals surface area (Å²) >= 11 is 0. The van der Waals surface area contributed by atoms with Crippen LogP contribution in [0.2, 0.25) is 0 Å². The van der Waals surface area contributed by atoms with Crippen LogP contribution in [0.25, 0.3) is 0 Å². The third kappa shape index (κ3) is 3.90. The van der Waals surface area contributed by atoms with Gasteiger partial charge >= 0.3 is 6.18 Å². The summed E-state index contributed by atoms with van der Waals surface area (Å²) in [5.41, 5.74) is 0.718. The maximum Gasteiger partial charge on any atom is 0.405 e. The molecule has 0 saturated carbocycles. The Balaban J connectivity index is 1.92. The van der Waals surface area contributed by atoms with E-state index in [1.165, 1.54) is 7.05 Å². The van der Waals surface area contributed by atoms with Gasteiger partial charge in [0.2, 0.25) is 11.8 Å². The molecule has 1 aromatic carbocycles. The molecule has 1 N–H and O–H groups in total. The number of alkyl halides is 3. The van der Waals surface area contributed by atoms with Gasteiger partial charge in [-0.05, 0) is 6.07 Å². The van der Waals surface area contributed by atoms with Crippen LogP contribution in [0.1, 0.15) is 11.5 Å². The molecule has 1 aromatic rings. The highest BCUT2D eigenvalue weighted by Crippen LogP contribution is 2.34. The van der Waals surface area contributed by atoms with Crippen molar-refractivity contribution in [1.29, 1.82) is 0 Å². The molecular weight excluding hydrogens is 301 g/mol. The van der Waals surface area contributed by atoms with Gasteiger partial charge in [0.1, 0.15) is 24.8 Å². The third-order valence-electron chi connectivity index (χ3n) is 3.24. The Bertz CT molecular complexity index is 575. The van der Waals surface area contributed by atoms with Crippen LogP contribution in [0.5, 0.6) is 5.75 Å². The standard InChI is InChI=1S/C14H15F3N2O3/c1-19(6-12(20)18-8-14(15,16)17)13(21)10-7-22-11-5-3-2-4-9(10)11/h2-5,10H,6-8H2,1H3,(H,18,20)/t10-/m0/s1. The van der Waals surface area contributed by atoms with E-state index in [2.05, 4.69) is 0 Å². The molecule has 1 heterocycles. The van der Waals surface area contributed by atoms with Crippen molar-refractivity contribution in [1.82, 2.24) is 10.2 Å². The molecule has 2 amide bonds. The fraction of sp³-hybridized carbons (Fsp3) is 0.429. The first kappa shape index (κ1) is 16.1. The Morgan fingerprint density at radius 3 is 2.73 bits per heavy atom. The summed E-state index contributed by atoms with van der Waals surface area (Å²) in [6.45, 7) is -1.69. The SMILES string of the molecule is CN(CC(=O)NCC(F)(F)F)C(=O)[C@H]1COc2ccccc21. The van der Waals surface area contributed by atoms with E-state index in [4.69, 9.17) is 4.74 Å². The van der Waals surface area contributed by atoms with Crippen molar-refractivity contribution in [3.63, 3.8) is 0 Å². The third-order valence-corrected chi connectivity index (χ3v) is 3.24. The lowest BCUT2D eigenvalue weighted by atomic mass is 10.00. The van der Waals surface area contributed by atoms with Crippen LogP contribution in [-0.2, 0) is 9.59 Å². The molecule has 2 rings (SSSR count). The fourth-order valence-electron chi connectivity index (χ4n) is 2.18. The number of likely N-dealkylation sites (N-methyl/N-ethyl adjacent to an activating group) is 1. The van der Waals surface area contributed by atoms with Crippen LogP contribution in [0.4, 0.5) is 13.2 Å². The zero-order chi connectivity index (χ0) is 16.3. The average Bonchev–Trinajstić information content (AvgIpc) is 2.87. The number of hydrogen-bond acceptors (Lipinski definition) is 3. The second kappa shape index (κ2) is 6.25. The molecule has 0 saturated heterocycles. The number of nitrogens with one attached hydrogen (secondary N) is 1. The molecule has 1 aliphatic rings. The molecule has 0 unspecified atom stereocenters. The predicted molar refractivity (Wildman–Crippen MR) is 71.4 cm³/mol. The van der Waals surface area contributed by atoms with Crippen molar-refractivity contribution < 1.29 is 27.5 Å². The lowest BCUT2D eigenvalue weighted by Gasteiger charge is -2.20. The number of carbonyl (C=O) groups excluding carboxylic acids is 2. The van der Waals surface area contributed by atoms with Crippen molar-refractivity contribution in [3.8, 4) is 5.75 Å². The van der Waals surface area contributed by atoms with Crippen molar-refractivity contribution in [2.24, 2.45) is 0 Å². The Morgan fingerprint density at radius 2 is 2.05 bits per heavy atom. The van der Waals surface area contributed by atoms with Crippen molar-refractivity contribution >= 4 is 11.8 Å². The molecule has 0 spiro atoms. The van der Waals surface area contributed by atoms with E-state index >= 15 is 0 Å². The topological polar surface area (TPSA) is 58.6 Å². The lowest BCUT2D eigenvalue weighted by molar-refractivity contribution is -0.142. The first-order valence-corrected chi connectivity index (χ1v) is 6.58. The summed E-state index contributed by atoms with van der Waals surface area (Å²) < 4.78 is 41.4. The first-order valence-electron chi connectivity index (χ1n) is 6.58. The highest BCUT2D eigenvalue weighted by atomic mass is 19.4. The minimum atomic E-state index is -4.48. The van der Waals surface area contributed by atoms with Crippen LogP contribution in [0, 0.1) is 0 Å². The van der Waals surface area contributed by atoms with Crippen LogP contribution in [0.3, 0.4) is 0 Å². The van der Waals surface area contributed by atoms with Crippen LogP contribution in [-0.4, -0.2) is 49.6 Å². The maximum atomic E-state index is 12.3. The van der Waals surface area contributed by atoms with E-state index in [1.807, 2.05) is 0 Å². The van der Waals surface area contributed by atoms with E-state index in [0.717, 1.165) is 10.5 Å². The number of benzene rings is 1. The van der Waals surface area contributed by atoms with Gasteiger partial charge in [-0.15, -0.1) is 0 Å². The van der Waals surface area contributed by atoms with Gasteiger partial charge in [-0.25, -0.2) is 0 Å². The van der Waals surface area contributed by atoms with Gasteiger partial charge in [0.05, 0.1) is 6.54 Å². The summed E-state index contributed by atoms with van der Waals surface area (Å²) in [4.78, 5) is 24.8. The molecule has 22 heavy (non-hydrogen) atoms. The van der Waals surface area contributed by atoms with E-state index in [-0.39, 0.29) is 12.5 Å². The van der Waals surface area contributed by atoms with E-state index < -0.39 is 31.1 Å². The summed E-state index contributed by atoms with van der Waals surface area (Å²) in [6.07, 6.45) is -4.48. The molecule has 0 aromatic heterocycles. The van der Waals surface area contributed by atoms with Gasteiger partial charge in [0, 0.05) is 12.6 Å². The van der Waals surface area contributed by atoms with E-state index in [9.17, 15) is 22.8 Å². The summed E-state index contributed by atoms with van der Waals surface area (Å²) in [6, 6.07) is 7.03. The van der Waals surface area contributed by atoms with Gasteiger partial charge in [-0.2, -0.15) is 13.2 Å². The maximum absolute atomic E-state index is 12.3. The van der Waals surface area contributed by atoms with Crippen LogP contribution < -0.4 is 10.1 Å². The molecular formula is C14H15F3N2O3. The molecule has 8 heteroatoms. The second-order valence-corrected chi connectivity index (χ2v) is 4.99. The Morgan fingerprint density at radius 1 is 1.36 bits per heavy atom. The first-order chi connectivity index (χ1) is 10.3. The number of halogens is 3. The highest BCUT2D eigenvalue weighted by molar-refractivity contribution is 5.89. The number of para-hydroxylation sites is 1. The minimum Gasteiger partial charge on any atom is -0.492 e. The Kier molecular flexibility index (Phi) is 4.58.